The standard InChI is InChI=1S/C13H17N3O2/c1-8-13(14)9(2)16(15-8)11-6-5-10(17-3)7-12(11)18-4/h5-7H,14H2,1-4H3. The van der Waals surface area contributed by atoms with Gasteiger partial charge in [-0.05, 0) is 26.0 Å². The fourth-order valence-corrected chi connectivity index (χ4v) is 1.85. The fourth-order valence-electron chi connectivity index (χ4n) is 1.85. The molecular weight excluding hydrogens is 230 g/mol. The summed E-state index contributed by atoms with van der Waals surface area (Å²) in [5.41, 5.74) is 9.19. The van der Waals surface area contributed by atoms with Crippen molar-refractivity contribution in [1.82, 2.24) is 9.78 Å². The Kier molecular flexibility index (Phi) is 3.14. The molecule has 0 atom stereocenters. The zero-order chi connectivity index (χ0) is 13.3. The van der Waals surface area contributed by atoms with Gasteiger partial charge >= 0.3 is 0 Å². The van der Waals surface area contributed by atoms with Crippen LogP contribution in [0.4, 0.5) is 5.69 Å². The maximum Gasteiger partial charge on any atom is 0.148 e. The van der Waals surface area contributed by atoms with Gasteiger partial charge in [-0.3, -0.25) is 0 Å². The molecule has 0 amide bonds. The number of nitrogen functional groups attached to an aromatic ring is 1. The molecule has 96 valence electrons. The number of hydrogen-bond acceptors (Lipinski definition) is 4. The van der Waals surface area contributed by atoms with Crippen LogP contribution in [0.1, 0.15) is 11.4 Å². The molecule has 0 radical (unpaired) electrons. The highest BCUT2D eigenvalue weighted by atomic mass is 16.5. The van der Waals surface area contributed by atoms with Gasteiger partial charge in [0.25, 0.3) is 0 Å². The molecule has 0 aliphatic carbocycles. The third-order valence-electron chi connectivity index (χ3n) is 2.96. The first-order chi connectivity index (χ1) is 8.58. The van der Waals surface area contributed by atoms with Gasteiger partial charge < -0.3 is 15.2 Å². The van der Waals surface area contributed by atoms with E-state index in [-0.39, 0.29) is 0 Å². The molecule has 0 fully saturated rings. The number of aromatic nitrogens is 2. The second-order valence-corrected chi connectivity index (χ2v) is 4.03. The Morgan fingerprint density at radius 2 is 1.89 bits per heavy atom. The van der Waals surface area contributed by atoms with Gasteiger partial charge in [-0.1, -0.05) is 0 Å². The van der Waals surface area contributed by atoms with E-state index in [9.17, 15) is 0 Å². The van der Waals surface area contributed by atoms with Crippen LogP contribution >= 0.6 is 0 Å². The average molecular weight is 247 g/mol. The quantitative estimate of drug-likeness (QED) is 0.902. The molecule has 5 nitrogen and oxygen atoms in total. The van der Waals surface area contributed by atoms with Crippen LogP contribution in [0.5, 0.6) is 11.5 Å². The summed E-state index contributed by atoms with van der Waals surface area (Å²) in [7, 11) is 3.24. The number of benzene rings is 1. The zero-order valence-corrected chi connectivity index (χ0v) is 11.0. The van der Waals surface area contributed by atoms with Crippen molar-refractivity contribution in [2.45, 2.75) is 13.8 Å². The molecular formula is C13H17N3O2. The molecule has 5 heteroatoms. The van der Waals surface area contributed by atoms with Crippen LogP contribution in [-0.4, -0.2) is 24.0 Å². The molecule has 0 unspecified atom stereocenters. The highest BCUT2D eigenvalue weighted by Crippen LogP contribution is 2.30. The van der Waals surface area contributed by atoms with Gasteiger partial charge in [0.2, 0.25) is 0 Å². The molecule has 1 heterocycles. The first-order valence-corrected chi connectivity index (χ1v) is 5.62. The van der Waals surface area contributed by atoms with Crippen LogP contribution in [0.3, 0.4) is 0 Å². The van der Waals surface area contributed by atoms with E-state index in [1.54, 1.807) is 18.9 Å². The van der Waals surface area contributed by atoms with Crippen molar-refractivity contribution in [1.29, 1.82) is 0 Å². The molecule has 0 spiro atoms. The monoisotopic (exact) mass is 247 g/mol. The van der Waals surface area contributed by atoms with Crippen LogP contribution in [0.2, 0.25) is 0 Å². The summed E-state index contributed by atoms with van der Waals surface area (Å²) in [5.74, 6) is 1.44. The summed E-state index contributed by atoms with van der Waals surface area (Å²) in [6.45, 7) is 3.81. The van der Waals surface area contributed by atoms with Gasteiger partial charge in [0, 0.05) is 6.07 Å². The van der Waals surface area contributed by atoms with Crippen LogP contribution in [0, 0.1) is 13.8 Å². The van der Waals surface area contributed by atoms with E-state index in [1.165, 1.54) is 0 Å². The van der Waals surface area contributed by atoms with Crippen molar-refractivity contribution < 1.29 is 9.47 Å². The number of rotatable bonds is 3. The smallest absolute Gasteiger partial charge is 0.148 e. The lowest BCUT2D eigenvalue weighted by Crippen LogP contribution is -2.02. The topological polar surface area (TPSA) is 62.3 Å². The molecule has 1 aromatic carbocycles. The maximum absolute atomic E-state index is 5.94. The van der Waals surface area contributed by atoms with Crippen molar-refractivity contribution in [3.63, 3.8) is 0 Å². The Labute approximate surface area is 106 Å². The summed E-state index contributed by atoms with van der Waals surface area (Å²) >= 11 is 0. The van der Waals surface area contributed by atoms with Crippen LogP contribution in [-0.2, 0) is 0 Å². The number of hydrogen-bond donors (Lipinski definition) is 1. The molecule has 0 bridgehead atoms. The number of methoxy groups -OCH3 is 2. The van der Waals surface area contributed by atoms with E-state index in [0.717, 1.165) is 22.8 Å². The molecule has 1 aromatic heterocycles. The van der Waals surface area contributed by atoms with Crippen molar-refractivity contribution in [2.75, 3.05) is 20.0 Å². The Hall–Kier alpha value is -2.17. The molecule has 0 aliphatic rings. The normalized spacial score (nSPS) is 10.4. The summed E-state index contributed by atoms with van der Waals surface area (Å²) in [6, 6.07) is 5.59. The SMILES string of the molecule is COc1ccc(-n2nc(C)c(N)c2C)c(OC)c1. The van der Waals surface area contributed by atoms with Gasteiger partial charge in [-0.15, -0.1) is 0 Å². The summed E-state index contributed by atoms with van der Waals surface area (Å²) in [5, 5.41) is 4.41. The third kappa shape index (κ3) is 1.88. The zero-order valence-electron chi connectivity index (χ0n) is 11.0. The lowest BCUT2D eigenvalue weighted by Gasteiger charge is -2.11. The second kappa shape index (κ2) is 4.60. The van der Waals surface area contributed by atoms with E-state index in [0.29, 0.717) is 11.4 Å². The molecule has 2 N–H and O–H groups in total. The second-order valence-electron chi connectivity index (χ2n) is 4.03. The Morgan fingerprint density at radius 1 is 1.17 bits per heavy atom. The third-order valence-corrected chi connectivity index (χ3v) is 2.96. The summed E-state index contributed by atoms with van der Waals surface area (Å²) in [6.07, 6.45) is 0. The van der Waals surface area contributed by atoms with Gasteiger partial charge in [-0.2, -0.15) is 5.10 Å². The molecule has 0 aliphatic heterocycles. The first kappa shape index (κ1) is 12.3. The van der Waals surface area contributed by atoms with Gasteiger partial charge in [0.1, 0.15) is 17.2 Å². The minimum atomic E-state index is 0.694. The van der Waals surface area contributed by atoms with Gasteiger partial charge in [0.05, 0.1) is 31.3 Å². The van der Waals surface area contributed by atoms with Crippen molar-refractivity contribution >= 4 is 5.69 Å². The molecule has 2 aromatic rings. The largest absolute Gasteiger partial charge is 0.497 e. The number of anilines is 1. The van der Waals surface area contributed by atoms with Crippen molar-refractivity contribution in [2.24, 2.45) is 0 Å². The summed E-state index contributed by atoms with van der Waals surface area (Å²) in [4.78, 5) is 0. The first-order valence-electron chi connectivity index (χ1n) is 5.62. The number of aryl methyl sites for hydroxylation is 1. The van der Waals surface area contributed by atoms with Gasteiger partial charge in [0.15, 0.2) is 0 Å². The van der Waals surface area contributed by atoms with Crippen molar-refractivity contribution in [3.8, 4) is 17.2 Å². The predicted octanol–water partition coefficient (Wildman–Crippen LogP) is 2.09. The summed E-state index contributed by atoms with van der Waals surface area (Å²) < 4.78 is 12.3. The van der Waals surface area contributed by atoms with E-state index >= 15 is 0 Å². The Bertz CT molecular complexity index is 576. The van der Waals surface area contributed by atoms with Crippen LogP contribution in [0.15, 0.2) is 18.2 Å². The van der Waals surface area contributed by atoms with E-state index in [2.05, 4.69) is 5.10 Å². The average Bonchev–Trinajstić information content (AvgIpc) is 2.65. The number of nitrogens with zero attached hydrogens (tertiary/aromatic N) is 2. The molecule has 0 saturated heterocycles. The Balaban J connectivity index is 2.59. The van der Waals surface area contributed by atoms with Crippen molar-refractivity contribution in [3.05, 3.63) is 29.6 Å². The van der Waals surface area contributed by atoms with E-state index < -0.39 is 0 Å². The lowest BCUT2D eigenvalue weighted by molar-refractivity contribution is 0.392. The van der Waals surface area contributed by atoms with E-state index in [4.69, 9.17) is 15.2 Å². The fraction of sp³-hybridized carbons (Fsp3) is 0.308. The maximum atomic E-state index is 5.94. The number of ether oxygens (including phenoxy) is 2. The van der Waals surface area contributed by atoms with Gasteiger partial charge in [-0.25, -0.2) is 4.68 Å². The highest BCUT2D eigenvalue weighted by Gasteiger charge is 2.14. The Morgan fingerprint density at radius 3 is 2.39 bits per heavy atom. The number of nitrogens with two attached hydrogens (primary N) is 1. The minimum absolute atomic E-state index is 0.694. The highest BCUT2D eigenvalue weighted by molar-refractivity contribution is 5.56. The minimum Gasteiger partial charge on any atom is -0.497 e. The van der Waals surface area contributed by atoms with Crippen LogP contribution < -0.4 is 15.2 Å². The lowest BCUT2D eigenvalue weighted by atomic mass is 10.2. The molecule has 2 rings (SSSR count). The molecule has 18 heavy (non-hydrogen) atoms. The predicted molar refractivity (Wildman–Crippen MR) is 70.6 cm³/mol. The molecule has 0 saturated carbocycles. The van der Waals surface area contributed by atoms with Crippen LogP contribution in [0.25, 0.3) is 5.69 Å². The van der Waals surface area contributed by atoms with E-state index in [1.807, 2.05) is 32.0 Å².